The first-order valence-corrected chi connectivity index (χ1v) is 8.82. The number of nitrogens with zero attached hydrogens (tertiary/aromatic N) is 1. The lowest BCUT2D eigenvalue weighted by Gasteiger charge is -2.51. The van der Waals surface area contributed by atoms with Gasteiger partial charge in [-0.15, -0.1) is 0 Å². The molecule has 3 aliphatic heterocycles. The molecule has 0 aliphatic carbocycles. The van der Waals surface area contributed by atoms with Crippen LogP contribution in [0.15, 0.2) is 54.6 Å². The lowest BCUT2D eigenvalue weighted by atomic mass is 9.65. The van der Waals surface area contributed by atoms with Crippen LogP contribution < -0.4 is 0 Å². The molecule has 3 heterocycles. The fourth-order valence-electron chi connectivity index (χ4n) is 4.43. The summed E-state index contributed by atoms with van der Waals surface area (Å²) in [5.41, 5.74) is 0.989. The Kier molecular flexibility index (Phi) is 3.92. The van der Waals surface area contributed by atoms with Crippen LogP contribution >= 0.6 is 11.6 Å². The molecule has 0 radical (unpaired) electrons. The maximum atomic E-state index is 11.9. The van der Waals surface area contributed by atoms with Crippen LogP contribution in [0.2, 0.25) is 5.02 Å². The summed E-state index contributed by atoms with van der Waals surface area (Å²) in [6.07, 6.45) is 2.38. The van der Waals surface area contributed by atoms with Gasteiger partial charge in [0.05, 0.1) is 0 Å². The monoisotopic (exact) mass is 329 g/mol. The van der Waals surface area contributed by atoms with Gasteiger partial charge in [-0.1, -0.05) is 54.1 Å². The van der Waals surface area contributed by atoms with E-state index in [-0.39, 0.29) is 7.34 Å². The number of piperidine rings is 3. The van der Waals surface area contributed by atoms with Crippen LogP contribution in [0.25, 0.3) is 0 Å². The molecule has 1 N–H and O–H groups in total. The average molecular weight is 330 g/mol. The summed E-state index contributed by atoms with van der Waals surface area (Å²) in [5, 5.41) is 12.6. The molecule has 23 heavy (non-hydrogen) atoms. The van der Waals surface area contributed by atoms with Gasteiger partial charge in [0.15, 0.2) is 0 Å². The zero-order valence-electron chi connectivity index (χ0n) is 13.2. The van der Waals surface area contributed by atoms with E-state index in [2.05, 4.69) is 4.90 Å². The zero-order chi connectivity index (χ0) is 15.9. The molecule has 122 valence electrons. The van der Waals surface area contributed by atoms with Gasteiger partial charge in [0.1, 0.15) is 5.60 Å². The molecular formula is C20H24ClNO. The molecule has 0 aromatic heterocycles. The first-order chi connectivity index (χ1) is 11.2. The van der Waals surface area contributed by atoms with E-state index in [0.717, 1.165) is 17.7 Å². The Morgan fingerprint density at radius 1 is 0.957 bits per heavy atom. The molecule has 0 saturated carbocycles. The van der Waals surface area contributed by atoms with Crippen LogP contribution in [-0.4, -0.2) is 29.6 Å². The van der Waals surface area contributed by atoms with E-state index in [1.807, 2.05) is 54.6 Å². The number of halogens is 1. The highest BCUT2D eigenvalue weighted by molar-refractivity contribution is 6.30. The largest absolute Gasteiger partial charge is 0.380 e. The smallest absolute Gasteiger partial charge is 0.119 e. The van der Waals surface area contributed by atoms with Crippen molar-refractivity contribution in [2.24, 2.45) is 11.8 Å². The minimum absolute atomic E-state index is 0. The van der Waals surface area contributed by atoms with Gasteiger partial charge in [-0.3, -0.25) is 0 Å². The summed E-state index contributed by atoms with van der Waals surface area (Å²) >= 11 is 6.07. The molecule has 3 fully saturated rings. The van der Waals surface area contributed by atoms with Crippen molar-refractivity contribution in [2.75, 3.05) is 19.6 Å². The third-order valence-electron chi connectivity index (χ3n) is 5.69. The molecule has 5 rings (SSSR count). The Balaban J connectivity index is 0.00000169. The molecule has 2 bridgehead atoms. The Morgan fingerprint density at radius 2 is 1.57 bits per heavy atom. The Hall–Kier alpha value is -1.35. The highest BCUT2D eigenvalue weighted by atomic mass is 35.5. The number of fused-ring (bicyclic) bond motifs is 3. The van der Waals surface area contributed by atoms with Crippen molar-refractivity contribution in [3.05, 3.63) is 70.7 Å². The van der Waals surface area contributed by atoms with Crippen molar-refractivity contribution in [1.82, 2.24) is 4.90 Å². The van der Waals surface area contributed by atoms with Crippen molar-refractivity contribution in [3.63, 3.8) is 0 Å². The lowest BCUT2D eigenvalue weighted by Crippen LogP contribution is -2.55. The number of rotatable bonds is 3. The molecular weight excluding hydrogens is 306 g/mol. The Labute approximate surface area is 144 Å². The zero-order valence-corrected chi connectivity index (χ0v) is 13.9. The van der Waals surface area contributed by atoms with Crippen LogP contribution in [0, 0.1) is 11.8 Å². The minimum atomic E-state index is -0.949. The molecule has 2 nitrogen and oxygen atoms in total. The van der Waals surface area contributed by atoms with Gasteiger partial charge in [-0.2, -0.15) is 0 Å². The van der Waals surface area contributed by atoms with Crippen LogP contribution in [0.4, 0.5) is 0 Å². The molecule has 0 spiro atoms. The van der Waals surface area contributed by atoms with Gasteiger partial charge >= 0.3 is 0 Å². The maximum absolute atomic E-state index is 11.9. The standard InChI is InChI=1S/C20H22ClNO.H2/c21-18-8-6-17(7-9-18)20(23,16-4-2-1-3-5-16)19-14-22-12-10-15(19)11-13-22;/h1-9,15,19,23H,10-14H2;1H. The van der Waals surface area contributed by atoms with Crippen LogP contribution in [0.5, 0.6) is 0 Å². The fourth-order valence-corrected chi connectivity index (χ4v) is 4.56. The van der Waals surface area contributed by atoms with Gasteiger partial charge in [0.25, 0.3) is 0 Å². The van der Waals surface area contributed by atoms with E-state index < -0.39 is 5.60 Å². The predicted molar refractivity (Wildman–Crippen MR) is 95.7 cm³/mol. The van der Waals surface area contributed by atoms with Crippen LogP contribution in [0.3, 0.4) is 0 Å². The summed E-state index contributed by atoms with van der Waals surface area (Å²) in [4.78, 5) is 2.49. The third kappa shape index (κ3) is 2.59. The van der Waals surface area contributed by atoms with Gasteiger partial charge < -0.3 is 10.0 Å². The summed E-state index contributed by atoms with van der Waals surface area (Å²) in [6, 6.07) is 17.8. The molecule has 3 aliphatic rings. The normalized spacial score (nSPS) is 29.2. The van der Waals surface area contributed by atoms with Crippen molar-refractivity contribution in [3.8, 4) is 0 Å². The van der Waals surface area contributed by atoms with E-state index in [1.165, 1.54) is 25.9 Å². The average Bonchev–Trinajstić information content (AvgIpc) is 2.63. The van der Waals surface area contributed by atoms with Gasteiger partial charge in [-0.05, 0) is 55.1 Å². The molecule has 2 atom stereocenters. The van der Waals surface area contributed by atoms with E-state index in [4.69, 9.17) is 11.6 Å². The summed E-state index contributed by atoms with van der Waals surface area (Å²) in [6.45, 7) is 3.32. The Morgan fingerprint density at radius 3 is 2.13 bits per heavy atom. The van der Waals surface area contributed by atoms with Gasteiger partial charge in [0, 0.05) is 18.9 Å². The summed E-state index contributed by atoms with van der Waals surface area (Å²) < 4.78 is 0. The van der Waals surface area contributed by atoms with Gasteiger partial charge in [0.2, 0.25) is 0 Å². The molecule has 0 amide bonds. The molecule has 2 unspecified atom stereocenters. The molecule has 3 saturated heterocycles. The second kappa shape index (κ2) is 5.94. The first kappa shape index (κ1) is 15.2. The second-order valence-corrected chi connectivity index (χ2v) is 7.32. The number of hydrogen-bond acceptors (Lipinski definition) is 2. The highest BCUT2D eigenvalue weighted by Gasteiger charge is 2.48. The Bertz CT molecular complexity index is 670. The first-order valence-electron chi connectivity index (χ1n) is 8.44. The number of benzene rings is 2. The van der Waals surface area contributed by atoms with Crippen LogP contribution in [-0.2, 0) is 5.60 Å². The summed E-state index contributed by atoms with van der Waals surface area (Å²) in [5.74, 6) is 0.814. The predicted octanol–water partition coefficient (Wildman–Crippen LogP) is 4.16. The van der Waals surface area contributed by atoms with Crippen molar-refractivity contribution < 1.29 is 6.53 Å². The van der Waals surface area contributed by atoms with Crippen LogP contribution in [0.1, 0.15) is 25.4 Å². The number of aliphatic hydroxyl groups is 1. The van der Waals surface area contributed by atoms with E-state index >= 15 is 0 Å². The molecule has 2 aromatic carbocycles. The lowest BCUT2D eigenvalue weighted by molar-refractivity contribution is -0.0764. The summed E-state index contributed by atoms with van der Waals surface area (Å²) in [7, 11) is 0. The van der Waals surface area contributed by atoms with E-state index in [1.54, 1.807) is 0 Å². The third-order valence-corrected chi connectivity index (χ3v) is 5.94. The topological polar surface area (TPSA) is 23.5 Å². The quantitative estimate of drug-likeness (QED) is 0.913. The highest BCUT2D eigenvalue weighted by Crippen LogP contribution is 2.47. The van der Waals surface area contributed by atoms with E-state index in [9.17, 15) is 5.11 Å². The van der Waals surface area contributed by atoms with Crippen molar-refractivity contribution >= 4 is 11.6 Å². The maximum Gasteiger partial charge on any atom is 0.119 e. The van der Waals surface area contributed by atoms with Gasteiger partial charge in [-0.25, -0.2) is 0 Å². The number of hydrogen-bond donors (Lipinski definition) is 1. The molecule has 3 heteroatoms. The van der Waals surface area contributed by atoms with Crippen molar-refractivity contribution in [2.45, 2.75) is 18.4 Å². The van der Waals surface area contributed by atoms with E-state index in [0.29, 0.717) is 10.9 Å². The van der Waals surface area contributed by atoms with Crippen molar-refractivity contribution in [1.29, 1.82) is 0 Å². The SMILES string of the molecule is OC(c1ccccc1)(c1ccc(Cl)cc1)C1CN2CCC1CC2.[HH]. The fraction of sp³-hybridized carbons (Fsp3) is 0.400. The molecule has 2 aromatic rings. The minimum Gasteiger partial charge on any atom is -0.380 e. The second-order valence-electron chi connectivity index (χ2n) is 6.88.